The highest BCUT2D eigenvalue weighted by atomic mass is 16.5. The first-order valence-electron chi connectivity index (χ1n) is 11.9. The standard InChI is InChI=1S/C26H33NO3.CH5N/c1-3-13-30-25-17-23-21(16-24(25)29-2)15-22(26(23)28)14-19-9-11-27(12-10-19)18-20-7-5-4-6-8-20;1-2/h4-8,16-17,19,22H,3,9-15,18H2,1-2H3;2H2,1H3. The van der Waals surface area contributed by atoms with E-state index in [1.807, 2.05) is 12.1 Å². The number of likely N-dealkylation sites (tertiary alicyclic amines) is 1. The van der Waals surface area contributed by atoms with Crippen molar-refractivity contribution in [1.82, 2.24) is 4.90 Å². The van der Waals surface area contributed by atoms with Crippen molar-refractivity contribution in [1.29, 1.82) is 0 Å². The lowest BCUT2D eigenvalue weighted by atomic mass is 9.85. The minimum Gasteiger partial charge on any atom is -0.493 e. The van der Waals surface area contributed by atoms with Crippen molar-refractivity contribution in [3.63, 3.8) is 0 Å². The van der Waals surface area contributed by atoms with E-state index in [1.54, 1.807) is 7.11 Å². The molecule has 0 amide bonds. The summed E-state index contributed by atoms with van der Waals surface area (Å²) in [7, 11) is 3.16. The van der Waals surface area contributed by atoms with Crippen molar-refractivity contribution >= 4 is 5.78 Å². The molecule has 0 saturated carbocycles. The molecule has 1 heterocycles. The quantitative estimate of drug-likeness (QED) is 0.646. The van der Waals surface area contributed by atoms with Crippen molar-refractivity contribution in [2.24, 2.45) is 17.6 Å². The smallest absolute Gasteiger partial charge is 0.166 e. The monoisotopic (exact) mass is 438 g/mol. The molecule has 1 fully saturated rings. The third-order valence-corrected chi connectivity index (χ3v) is 6.53. The van der Waals surface area contributed by atoms with Crippen LogP contribution in [0.2, 0.25) is 0 Å². The van der Waals surface area contributed by atoms with Gasteiger partial charge in [0.2, 0.25) is 0 Å². The summed E-state index contributed by atoms with van der Waals surface area (Å²) in [5, 5.41) is 0. The summed E-state index contributed by atoms with van der Waals surface area (Å²) in [6, 6.07) is 14.6. The zero-order valence-corrected chi connectivity index (χ0v) is 19.8. The number of hydrogen-bond acceptors (Lipinski definition) is 5. The predicted octanol–water partition coefficient (Wildman–Crippen LogP) is 4.72. The van der Waals surface area contributed by atoms with E-state index in [9.17, 15) is 4.79 Å². The van der Waals surface area contributed by atoms with E-state index in [1.165, 1.54) is 25.5 Å². The molecule has 0 bridgehead atoms. The van der Waals surface area contributed by atoms with Gasteiger partial charge < -0.3 is 15.2 Å². The summed E-state index contributed by atoms with van der Waals surface area (Å²) in [6.07, 6.45) is 5.13. The fourth-order valence-corrected chi connectivity index (χ4v) is 4.88. The molecule has 5 nitrogen and oxygen atoms in total. The average molecular weight is 439 g/mol. The number of piperidine rings is 1. The van der Waals surface area contributed by atoms with Gasteiger partial charge in [-0.25, -0.2) is 0 Å². The molecular formula is C27H38N2O3. The predicted molar refractivity (Wildman–Crippen MR) is 129 cm³/mol. The Hall–Kier alpha value is -2.37. The Morgan fingerprint density at radius 3 is 2.44 bits per heavy atom. The van der Waals surface area contributed by atoms with Gasteiger partial charge in [-0.3, -0.25) is 9.69 Å². The second-order valence-electron chi connectivity index (χ2n) is 8.71. The van der Waals surface area contributed by atoms with Gasteiger partial charge in [-0.2, -0.15) is 0 Å². The number of ether oxygens (including phenoxy) is 2. The molecule has 1 aliphatic carbocycles. The van der Waals surface area contributed by atoms with Crippen LogP contribution >= 0.6 is 0 Å². The molecule has 2 aromatic carbocycles. The molecule has 1 unspecified atom stereocenters. The van der Waals surface area contributed by atoms with Gasteiger partial charge in [0, 0.05) is 18.0 Å². The van der Waals surface area contributed by atoms with Crippen LogP contribution in [-0.2, 0) is 13.0 Å². The van der Waals surface area contributed by atoms with Gasteiger partial charge in [0.05, 0.1) is 13.7 Å². The number of Topliss-reactive ketones (excluding diaryl/α,β-unsaturated/α-hetero) is 1. The summed E-state index contributed by atoms with van der Waals surface area (Å²) >= 11 is 0. The van der Waals surface area contributed by atoms with E-state index in [4.69, 9.17) is 9.47 Å². The number of rotatable bonds is 8. The van der Waals surface area contributed by atoms with Gasteiger partial charge in [-0.15, -0.1) is 0 Å². The molecule has 0 spiro atoms. The van der Waals surface area contributed by atoms with E-state index in [2.05, 4.69) is 47.9 Å². The highest BCUT2D eigenvalue weighted by Gasteiger charge is 2.34. The molecule has 32 heavy (non-hydrogen) atoms. The first-order chi connectivity index (χ1) is 15.7. The Bertz CT molecular complexity index is 861. The maximum Gasteiger partial charge on any atom is 0.166 e. The van der Waals surface area contributed by atoms with Crippen molar-refractivity contribution in [2.45, 2.75) is 45.6 Å². The summed E-state index contributed by atoms with van der Waals surface area (Å²) < 4.78 is 11.3. The fraction of sp³-hybridized carbons (Fsp3) is 0.519. The van der Waals surface area contributed by atoms with Gasteiger partial charge in [-0.05, 0) is 81.4 Å². The normalized spacial score (nSPS) is 18.6. The number of carbonyl (C=O) groups is 1. The van der Waals surface area contributed by atoms with Crippen molar-refractivity contribution in [3.8, 4) is 11.5 Å². The van der Waals surface area contributed by atoms with Crippen molar-refractivity contribution in [2.75, 3.05) is 33.9 Å². The van der Waals surface area contributed by atoms with Crippen LogP contribution in [-0.4, -0.2) is 44.5 Å². The van der Waals surface area contributed by atoms with Gasteiger partial charge in [0.25, 0.3) is 0 Å². The summed E-state index contributed by atoms with van der Waals surface area (Å²) in [4.78, 5) is 15.6. The van der Waals surface area contributed by atoms with Crippen LogP contribution in [0.5, 0.6) is 11.5 Å². The van der Waals surface area contributed by atoms with Crippen LogP contribution in [0.25, 0.3) is 0 Å². The zero-order chi connectivity index (χ0) is 22.9. The first kappa shape index (κ1) is 24.3. The lowest BCUT2D eigenvalue weighted by Crippen LogP contribution is -2.34. The van der Waals surface area contributed by atoms with Crippen LogP contribution < -0.4 is 15.2 Å². The molecule has 1 aliphatic heterocycles. The van der Waals surface area contributed by atoms with Gasteiger partial charge in [-0.1, -0.05) is 37.3 Å². The van der Waals surface area contributed by atoms with Crippen LogP contribution in [0.4, 0.5) is 0 Å². The van der Waals surface area contributed by atoms with Gasteiger partial charge in [0.1, 0.15) is 0 Å². The number of benzene rings is 2. The molecule has 1 atom stereocenters. The number of nitrogens with zero attached hydrogens (tertiary/aromatic N) is 1. The van der Waals surface area contributed by atoms with Crippen LogP contribution in [0.15, 0.2) is 42.5 Å². The molecule has 0 radical (unpaired) electrons. The molecule has 5 heteroatoms. The van der Waals surface area contributed by atoms with Crippen molar-refractivity contribution < 1.29 is 14.3 Å². The number of ketones is 1. The molecule has 174 valence electrons. The van der Waals surface area contributed by atoms with E-state index in [0.29, 0.717) is 24.1 Å². The lowest BCUT2D eigenvalue weighted by Gasteiger charge is -2.32. The maximum atomic E-state index is 13.1. The maximum absolute atomic E-state index is 13.1. The third-order valence-electron chi connectivity index (χ3n) is 6.53. The summed E-state index contributed by atoms with van der Waals surface area (Å²) in [5.41, 5.74) is 7.84. The Labute approximate surface area is 192 Å². The summed E-state index contributed by atoms with van der Waals surface area (Å²) in [5.74, 6) is 2.47. The minimum atomic E-state index is 0.108. The third kappa shape index (κ3) is 5.90. The minimum absolute atomic E-state index is 0.108. The fourth-order valence-electron chi connectivity index (χ4n) is 4.88. The van der Waals surface area contributed by atoms with Crippen molar-refractivity contribution in [3.05, 3.63) is 59.2 Å². The Morgan fingerprint density at radius 2 is 1.78 bits per heavy atom. The second-order valence-corrected chi connectivity index (χ2v) is 8.71. The van der Waals surface area contributed by atoms with Crippen LogP contribution in [0.3, 0.4) is 0 Å². The molecule has 4 rings (SSSR count). The number of hydrogen-bond donors (Lipinski definition) is 1. The second kappa shape index (κ2) is 12.0. The highest BCUT2D eigenvalue weighted by Crippen LogP contribution is 2.39. The molecule has 2 aliphatic rings. The van der Waals surface area contributed by atoms with Gasteiger partial charge >= 0.3 is 0 Å². The Balaban J connectivity index is 0.00000141. The highest BCUT2D eigenvalue weighted by molar-refractivity contribution is 6.02. The number of fused-ring (bicyclic) bond motifs is 1. The number of methoxy groups -OCH3 is 1. The van der Waals surface area contributed by atoms with E-state index < -0.39 is 0 Å². The SMILES string of the molecule is CCCOc1cc2c(cc1OC)CC(CC1CCN(Cc3ccccc3)CC1)C2=O.CN. The van der Waals surface area contributed by atoms with Gasteiger partial charge in [0.15, 0.2) is 17.3 Å². The largest absolute Gasteiger partial charge is 0.493 e. The van der Waals surface area contributed by atoms with Crippen LogP contribution in [0.1, 0.15) is 54.1 Å². The number of carbonyl (C=O) groups excluding carboxylic acids is 1. The zero-order valence-electron chi connectivity index (χ0n) is 19.8. The molecule has 1 saturated heterocycles. The van der Waals surface area contributed by atoms with E-state index >= 15 is 0 Å². The average Bonchev–Trinajstić information content (AvgIpc) is 3.14. The molecule has 2 aromatic rings. The van der Waals surface area contributed by atoms with Crippen LogP contribution in [0, 0.1) is 11.8 Å². The molecule has 0 aromatic heterocycles. The first-order valence-corrected chi connectivity index (χ1v) is 11.9. The number of nitrogens with two attached hydrogens (primary N) is 1. The van der Waals surface area contributed by atoms with E-state index in [-0.39, 0.29) is 5.92 Å². The Morgan fingerprint density at radius 1 is 1.06 bits per heavy atom. The molecule has 2 N–H and O–H groups in total. The van der Waals surface area contributed by atoms with E-state index in [0.717, 1.165) is 55.8 Å². The molecular weight excluding hydrogens is 400 g/mol. The lowest BCUT2D eigenvalue weighted by molar-refractivity contribution is 0.0895. The summed E-state index contributed by atoms with van der Waals surface area (Å²) in [6.45, 7) is 5.98. The Kier molecular flexibility index (Phi) is 9.12. The topological polar surface area (TPSA) is 64.8 Å².